The van der Waals surface area contributed by atoms with Crippen molar-refractivity contribution in [1.82, 2.24) is 20.2 Å². The number of hydrogen-bond acceptors (Lipinski definition) is 4. The molecule has 1 aromatic rings. The van der Waals surface area contributed by atoms with Gasteiger partial charge in [0, 0.05) is 12.6 Å². The van der Waals surface area contributed by atoms with E-state index < -0.39 is 10.0 Å². The molecule has 1 aliphatic carbocycles. The highest BCUT2D eigenvalue weighted by atomic mass is 32.2. The molecule has 1 unspecified atom stereocenters. The molecule has 0 bridgehead atoms. The molecule has 120 valence electrons. The van der Waals surface area contributed by atoms with Crippen molar-refractivity contribution in [2.45, 2.75) is 63.9 Å². The average molecular weight is 314 g/mol. The van der Waals surface area contributed by atoms with Crippen molar-refractivity contribution in [2.24, 2.45) is 5.92 Å². The van der Waals surface area contributed by atoms with Crippen LogP contribution in [0, 0.1) is 12.8 Å². The second kappa shape index (κ2) is 6.89. The molecular weight excluding hydrogens is 288 g/mol. The molecule has 0 spiro atoms. The minimum atomic E-state index is -3.52. The van der Waals surface area contributed by atoms with Crippen molar-refractivity contribution in [3.05, 3.63) is 11.4 Å². The first-order chi connectivity index (χ1) is 9.97. The van der Waals surface area contributed by atoms with Gasteiger partial charge in [0.15, 0.2) is 0 Å². The number of aromatic nitrogens is 2. The zero-order valence-electron chi connectivity index (χ0n) is 13.1. The van der Waals surface area contributed by atoms with Crippen LogP contribution in [0.4, 0.5) is 0 Å². The van der Waals surface area contributed by atoms with Gasteiger partial charge in [-0.3, -0.25) is 5.10 Å². The molecular formula is C14H26N4O2S. The summed E-state index contributed by atoms with van der Waals surface area (Å²) in [5.41, 5.74) is 1.15. The van der Waals surface area contributed by atoms with Crippen molar-refractivity contribution < 1.29 is 8.42 Å². The van der Waals surface area contributed by atoms with Gasteiger partial charge in [-0.15, -0.1) is 0 Å². The van der Waals surface area contributed by atoms with Crippen LogP contribution in [0.15, 0.2) is 4.90 Å². The standard InChI is InChI=1S/C14H26N4O2S/c1-4-12(8-11-6-7-11)18-21(19,20)14-10(3)16-17-13(14)9-15-5-2/h11-12,15,18H,4-9H2,1-3H3,(H,16,17). The first-order valence-electron chi connectivity index (χ1n) is 7.74. The number of H-pyrrole nitrogens is 1. The van der Waals surface area contributed by atoms with E-state index >= 15 is 0 Å². The highest BCUT2D eigenvalue weighted by molar-refractivity contribution is 7.89. The van der Waals surface area contributed by atoms with Crippen LogP contribution in [0.5, 0.6) is 0 Å². The van der Waals surface area contributed by atoms with Crippen LogP contribution in [0.2, 0.25) is 0 Å². The van der Waals surface area contributed by atoms with E-state index in [-0.39, 0.29) is 6.04 Å². The Balaban J connectivity index is 2.15. The lowest BCUT2D eigenvalue weighted by Crippen LogP contribution is -2.35. The van der Waals surface area contributed by atoms with E-state index in [4.69, 9.17) is 0 Å². The molecule has 1 heterocycles. The Labute approximate surface area is 127 Å². The Hall–Kier alpha value is -0.920. The molecule has 1 atom stereocenters. The summed E-state index contributed by atoms with van der Waals surface area (Å²) < 4.78 is 28.2. The number of aryl methyl sites for hydroxylation is 1. The summed E-state index contributed by atoms with van der Waals surface area (Å²) >= 11 is 0. The van der Waals surface area contributed by atoms with Crippen LogP contribution in [0.1, 0.15) is 50.9 Å². The van der Waals surface area contributed by atoms with Gasteiger partial charge < -0.3 is 5.32 Å². The zero-order valence-corrected chi connectivity index (χ0v) is 13.9. The molecule has 21 heavy (non-hydrogen) atoms. The van der Waals surface area contributed by atoms with Crippen LogP contribution in [0.3, 0.4) is 0 Å². The summed E-state index contributed by atoms with van der Waals surface area (Å²) in [4.78, 5) is 0.303. The van der Waals surface area contributed by atoms with E-state index in [1.165, 1.54) is 12.8 Å². The van der Waals surface area contributed by atoms with E-state index in [1.807, 2.05) is 13.8 Å². The van der Waals surface area contributed by atoms with Crippen molar-refractivity contribution >= 4 is 10.0 Å². The van der Waals surface area contributed by atoms with Gasteiger partial charge in [0.05, 0.1) is 11.4 Å². The van der Waals surface area contributed by atoms with Crippen LogP contribution < -0.4 is 10.0 Å². The molecule has 3 N–H and O–H groups in total. The first kappa shape index (κ1) is 16.5. The molecule has 1 saturated carbocycles. The van der Waals surface area contributed by atoms with Crippen LogP contribution in [-0.2, 0) is 16.6 Å². The minimum Gasteiger partial charge on any atom is -0.311 e. The molecule has 0 aromatic carbocycles. The highest BCUT2D eigenvalue weighted by Gasteiger charge is 2.30. The van der Waals surface area contributed by atoms with E-state index in [0.717, 1.165) is 19.4 Å². The van der Waals surface area contributed by atoms with Gasteiger partial charge in [-0.2, -0.15) is 5.10 Å². The topological polar surface area (TPSA) is 86.9 Å². The van der Waals surface area contributed by atoms with Crippen LogP contribution >= 0.6 is 0 Å². The summed E-state index contributed by atoms with van der Waals surface area (Å²) in [6.07, 6.45) is 4.22. The monoisotopic (exact) mass is 314 g/mol. The summed E-state index contributed by atoms with van der Waals surface area (Å²) in [6, 6.07) is 0.0174. The van der Waals surface area contributed by atoms with Crippen molar-refractivity contribution in [1.29, 1.82) is 0 Å². The average Bonchev–Trinajstić information content (AvgIpc) is 3.16. The van der Waals surface area contributed by atoms with Gasteiger partial charge in [-0.1, -0.05) is 26.7 Å². The molecule has 6 nitrogen and oxygen atoms in total. The quantitative estimate of drug-likeness (QED) is 0.647. The SMILES string of the molecule is CCNCc1n[nH]c(C)c1S(=O)(=O)NC(CC)CC1CC1. The van der Waals surface area contributed by atoms with Crippen molar-refractivity contribution in [2.75, 3.05) is 6.54 Å². The van der Waals surface area contributed by atoms with E-state index in [9.17, 15) is 8.42 Å². The molecule has 0 saturated heterocycles. The molecule has 2 rings (SSSR count). The highest BCUT2D eigenvalue weighted by Crippen LogP contribution is 2.34. The fourth-order valence-corrected chi connectivity index (χ4v) is 4.22. The number of aromatic amines is 1. The third kappa shape index (κ3) is 4.28. The van der Waals surface area contributed by atoms with Gasteiger partial charge >= 0.3 is 0 Å². The Morgan fingerprint density at radius 2 is 2.10 bits per heavy atom. The Morgan fingerprint density at radius 3 is 2.67 bits per heavy atom. The number of hydrogen-bond donors (Lipinski definition) is 3. The fraction of sp³-hybridized carbons (Fsp3) is 0.786. The normalized spacial score (nSPS) is 17.1. The number of nitrogens with one attached hydrogen (secondary N) is 3. The zero-order chi connectivity index (χ0) is 15.5. The lowest BCUT2D eigenvalue weighted by Gasteiger charge is -2.17. The molecule has 0 radical (unpaired) electrons. The van der Waals surface area contributed by atoms with E-state index in [1.54, 1.807) is 6.92 Å². The van der Waals surface area contributed by atoms with Crippen LogP contribution in [0.25, 0.3) is 0 Å². The van der Waals surface area contributed by atoms with Gasteiger partial charge in [-0.25, -0.2) is 13.1 Å². The third-order valence-corrected chi connectivity index (χ3v) is 5.62. The minimum absolute atomic E-state index is 0.0174. The van der Waals surface area contributed by atoms with Gasteiger partial charge in [0.25, 0.3) is 0 Å². The molecule has 0 amide bonds. The smallest absolute Gasteiger partial charge is 0.244 e. The molecule has 1 aromatic heterocycles. The molecule has 1 fully saturated rings. The maximum Gasteiger partial charge on any atom is 0.244 e. The molecule has 0 aliphatic heterocycles. The maximum atomic E-state index is 12.7. The fourth-order valence-electron chi connectivity index (χ4n) is 2.52. The summed E-state index contributed by atoms with van der Waals surface area (Å²) in [7, 11) is -3.52. The van der Waals surface area contributed by atoms with E-state index in [2.05, 4.69) is 20.2 Å². The number of rotatable bonds is 9. The predicted octanol–water partition coefficient (Wildman–Crippen LogP) is 1.68. The van der Waals surface area contributed by atoms with E-state index in [0.29, 0.717) is 28.7 Å². The second-order valence-electron chi connectivity index (χ2n) is 5.81. The molecule has 7 heteroatoms. The lowest BCUT2D eigenvalue weighted by molar-refractivity contribution is 0.494. The number of sulfonamides is 1. The Kier molecular flexibility index (Phi) is 5.40. The van der Waals surface area contributed by atoms with Gasteiger partial charge in [0.1, 0.15) is 4.90 Å². The lowest BCUT2D eigenvalue weighted by atomic mass is 10.1. The number of nitrogens with zero attached hydrogens (tertiary/aromatic N) is 1. The summed E-state index contributed by atoms with van der Waals surface area (Å²) in [5, 5.41) is 10.0. The summed E-state index contributed by atoms with van der Waals surface area (Å²) in [6.45, 7) is 6.99. The van der Waals surface area contributed by atoms with Crippen LogP contribution in [-0.4, -0.2) is 31.2 Å². The van der Waals surface area contributed by atoms with Crippen molar-refractivity contribution in [3.8, 4) is 0 Å². The largest absolute Gasteiger partial charge is 0.311 e. The van der Waals surface area contributed by atoms with Gasteiger partial charge in [-0.05, 0) is 32.2 Å². The van der Waals surface area contributed by atoms with Gasteiger partial charge in [0.2, 0.25) is 10.0 Å². The predicted molar refractivity (Wildman–Crippen MR) is 82.4 cm³/mol. The first-order valence-corrected chi connectivity index (χ1v) is 9.23. The Bertz CT molecular complexity index is 564. The maximum absolute atomic E-state index is 12.7. The third-order valence-electron chi connectivity index (χ3n) is 3.90. The second-order valence-corrected chi connectivity index (χ2v) is 7.46. The summed E-state index contributed by atoms with van der Waals surface area (Å²) in [5.74, 6) is 0.698. The molecule has 1 aliphatic rings. The Morgan fingerprint density at radius 1 is 1.38 bits per heavy atom. The van der Waals surface area contributed by atoms with Crippen molar-refractivity contribution in [3.63, 3.8) is 0 Å².